The molecule has 1 saturated carbocycles. The van der Waals surface area contributed by atoms with Crippen LogP contribution in [-0.2, 0) is 16.2 Å². The molecule has 3 fully saturated rings. The number of likely N-dealkylation sites (tertiary alicyclic amines) is 1. The van der Waals surface area contributed by atoms with Crippen LogP contribution in [0.1, 0.15) is 69.3 Å². The van der Waals surface area contributed by atoms with Gasteiger partial charge in [-0.3, -0.25) is 14.4 Å². The van der Waals surface area contributed by atoms with E-state index in [2.05, 4.69) is 53.4 Å². The molecule has 13 heteroatoms. The molecule has 2 aliphatic heterocycles. The maximum atomic E-state index is 14.3. The number of amides is 2. The van der Waals surface area contributed by atoms with E-state index in [0.717, 1.165) is 61.2 Å². The van der Waals surface area contributed by atoms with Crippen molar-refractivity contribution in [2.24, 2.45) is 28.8 Å². The molecule has 0 spiro atoms. The van der Waals surface area contributed by atoms with Crippen LogP contribution in [-0.4, -0.2) is 105 Å². The number of nitrogens with one attached hydrogen (secondary N) is 2. The third-order valence-electron chi connectivity index (χ3n) is 11.4. The Balaban J connectivity index is 1.47. The van der Waals surface area contributed by atoms with Crippen LogP contribution in [0.2, 0.25) is 0 Å². The van der Waals surface area contributed by atoms with Gasteiger partial charge in [-0.25, -0.2) is 0 Å². The van der Waals surface area contributed by atoms with Crippen molar-refractivity contribution in [2.75, 3.05) is 52.8 Å². The van der Waals surface area contributed by atoms with Crippen LogP contribution in [0.5, 0.6) is 5.75 Å². The number of aliphatic hydroxyl groups excluding tert-OH is 1. The van der Waals surface area contributed by atoms with Gasteiger partial charge in [0.05, 0.1) is 32.4 Å². The van der Waals surface area contributed by atoms with Crippen LogP contribution in [0, 0.1) is 23.7 Å². The smallest absolute Gasteiger partial charge is 0.251 e. The molecule has 13 nitrogen and oxygen atoms in total. The second kappa shape index (κ2) is 17.3. The molecule has 52 heavy (non-hydrogen) atoms. The number of para-hydroxylation sites is 1. The maximum absolute atomic E-state index is 14.3. The third kappa shape index (κ3) is 9.01. The summed E-state index contributed by atoms with van der Waals surface area (Å²) in [5, 5.41) is 23.0. The number of carbonyl (C=O) groups excluding carboxylic acids is 2. The molecule has 5 rings (SSSR count). The fraction of sp³-hybridized carbons (Fsp3) is 0.641. The van der Waals surface area contributed by atoms with Gasteiger partial charge in [0, 0.05) is 65.9 Å². The highest BCUT2D eigenvalue weighted by Crippen LogP contribution is 2.40. The molecule has 2 heterocycles. The second-order valence-corrected chi connectivity index (χ2v) is 15.7. The number of ether oxygens (including phenoxy) is 1. The van der Waals surface area contributed by atoms with E-state index in [4.69, 9.17) is 15.1 Å². The Hall–Kier alpha value is -3.87. The van der Waals surface area contributed by atoms with Crippen molar-refractivity contribution in [2.45, 2.75) is 90.3 Å². The zero-order valence-electron chi connectivity index (χ0n) is 32.1. The zero-order valence-corrected chi connectivity index (χ0v) is 32.1. The molecule has 0 unspecified atom stereocenters. The van der Waals surface area contributed by atoms with Gasteiger partial charge < -0.3 is 30.3 Å². The van der Waals surface area contributed by atoms with Crippen LogP contribution in [0.4, 0.5) is 5.69 Å². The van der Waals surface area contributed by atoms with Gasteiger partial charge in [-0.05, 0) is 93.2 Å². The minimum atomic E-state index is -0.914. The largest absolute Gasteiger partial charge is 0.496 e. The SMILES string of the molecule is COc1c(CN2O[C@@H](CN=[N+]=[N-])[C@@H]([C@H](C)O)[C@H]2C(=O)N[C@H]2C[C@H](C(C)C)CC[C@@H]2C)cccc1-c1cc(C(=O)N[C@@H]2CCN(C)C2)cc(N(C)C)c1. The van der Waals surface area contributed by atoms with Gasteiger partial charge >= 0.3 is 0 Å². The summed E-state index contributed by atoms with van der Waals surface area (Å²) in [4.78, 5) is 41.4. The van der Waals surface area contributed by atoms with E-state index in [-0.39, 0.29) is 37.0 Å². The van der Waals surface area contributed by atoms with E-state index in [9.17, 15) is 14.7 Å². The van der Waals surface area contributed by atoms with E-state index in [0.29, 0.717) is 29.1 Å². The Morgan fingerprint density at radius 3 is 2.56 bits per heavy atom. The number of benzene rings is 2. The number of hydroxylamine groups is 2. The fourth-order valence-corrected chi connectivity index (χ4v) is 8.25. The first-order chi connectivity index (χ1) is 24.8. The second-order valence-electron chi connectivity index (χ2n) is 15.7. The maximum Gasteiger partial charge on any atom is 0.251 e. The molecular weight excluding hydrogens is 660 g/mol. The standard InChI is InChI=1S/C39H58N8O5/c1-23(2)26-13-12-24(3)33(19-26)43-39(50)36-35(25(4)48)34(20-41-44-40)52-47(36)21-27-10-9-11-32(37(27)51-8)28-16-29(18-31(17-28)45(5)6)38(49)42-30-14-15-46(7)22-30/h9-11,16-18,23-26,30,33-36,48H,12-15,19-22H2,1-8H3,(H,42,49)(H,43,50)/t24-,25-,26+,30+,33-,34-,35+,36-/m0/s1. The first kappa shape index (κ1) is 39.3. The number of carbonyl (C=O) groups is 2. The lowest BCUT2D eigenvalue weighted by molar-refractivity contribution is -0.174. The summed E-state index contributed by atoms with van der Waals surface area (Å²) in [6.45, 7) is 10.2. The molecule has 3 aliphatic rings. The topological polar surface area (TPSA) is 155 Å². The zero-order chi connectivity index (χ0) is 37.7. The van der Waals surface area contributed by atoms with Crippen LogP contribution in [0.3, 0.4) is 0 Å². The first-order valence-electron chi connectivity index (χ1n) is 18.7. The van der Waals surface area contributed by atoms with Crippen LogP contribution >= 0.6 is 0 Å². The van der Waals surface area contributed by atoms with E-state index < -0.39 is 24.2 Å². The molecule has 2 amide bonds. The molecule has 1 aliphatic carbocycles. The minimum Gasteiger partial charge on any atom is -0.496 e. The summed E-state index contributed by atoms with van der Waals surface area (Å²) < 4.78 is 6.07. The van der Waals surface area contributed by atoms with Gasteiger partial charge in [0.2, 0.25) is 5.91 Å². The van der Waals surface area contributed by atoms with Crippen molar-refractivity contribution in [3.63, 3.8) is 0 Å². The highest BCUT2D eigenvalue weighted by Gasteiger charge is 2.50. The number of hydrogen-bond donors (Lipinski definition) is 3. The quantitative estimate of drug-likeness (QED) is 0.145. The normalized spacial score (nSPS) is 27.2. The Kier molecular flexibility index (Phi) is 13.1. The summed E-state index contributed by atoms with van der Waals surface area (Å²) in [6, 6.07) is 10.9. The molecule has 2 aromatic rings. The van der Waals surface area contributed by atoms with Crippen LogP contribution in [0.15, 0.2) is 41.5 Å². The van der Waals surface area contributed by atoms with Gasteiger partial charge in [-0.1, -0.05) is 44.1 Å². The molecule has 284 valence electrons. The number of methoxy groups -OCH3 is 1. The summed E-state index contributed by atoms with van der Waals surface area (Å²) in [5.74, 6) is 0.969. The number of anilines is 1. The fourth-order valence-electron chi connectivity index (χ4n) is 8.25. The first-order valence-corrected chi connectivity index (χ1v) is 18.7. The summed E-state index contributed by atoms with van der Waals surface area (Å²) in [6.07, 6.45) is 2.38. The van der Waals surface area contributed by atoms with E-state index in [1.54, 1.807) is 19.1 Å². The number of aliphatic hydroxyl groups is 1. The average molecular weight is 719 g/mol. The van der Waals surface area contributed by atoms with Gasteiger partial charge in [0.15, 0.2) is 0 Å². The molecule has 0 aromatic heterocycles. The predicted octanol–water partition coefficient (Wildman–Crippen LogP) is 5.23. The molecule has 2 aromatic carbocycles. The lowest BCUT2D eigenvalue weighted by Crippen LogP contribution is -2.53. The lowest BCUT2D eigenvalue weighted by Gasteiger charge is -2.38. The van der Waals surface area contributed by atoms with Crippen LogP contribution in [0.25, 0.3) is 21.6 Å². The monoisotopic (exact) mass is 718 g/mol. The molecular formula is C39H58N8O5. The van der Waals surface area contributed by atoms with Crippen molar-refractivity contribution in [1.29, 1.82) is 0 Å². The Labute approximate surface area is 308 Å². The predicted molar refractivity (Wildman–Crippen MR) is 203 cm³/mol. The van der Waals surface area contributed by atoms with E-state index in [1.165, 1.54) is 0 Å². The summed E-state index contributed by atoms with van der Waals surface area (Å²) in [7, 11) is 7.55. The Morgan fingerprint density at radius 1 is 1.15 bits per heavy atom. The number of likely N-dealkylation sites (N-methyl/N-ethyl adjacent to an activating group) is 1. The van der Waals surface area contributed by atoms with Gasteiger partial charge in [0.25, 0.3) is 5.91 Å². The third-order valence-corrected chi connectivity index (χ3v) is 11.4. The van der Waals surface area contributed by atoms with E-state index in [1.807, 2.05) is 55.4 Å². The highest BCUT2D eigenvalue weighted by molar-refractivity contribution is 5.97. The number of rotatable bonds is 13. The van der Waals surface area contributed by atoms with Crippen molar-refractivity contribution >= 4 is 17.5 Å². The molecule has 0 radical (unpaired) electrons. The molecule has 3 N–H and O–H groups in total. The Bertz CT molecular complexity index is 1610. The minimum absolute atomic E-state index is 0.00383. The van der Waals surface area contributed by atoms with Crippen molar-refractivity contribution < 1.29 is 24.3 Å². The molecule has 8 atom stereocenters. The van der Waals surface area contributed by atoms with Crippen molar-refractivity contribution in [1.82, 2.24) is 20.6 Å². The average Bonchev–Trinajstić information content (AvgIpc) is 3.69. The van der Waals surface area contributed by atoms with Crippen molar-refractivity contribution in [3.05, 3.63) is 58.0 Å². The summed E-state index contributed by atoms with van der Waals surface area (Å²) >= 11 is 0. The van der Waals surface area contributed by atoms with Crippen LogP contribution < -0.4 is 20.3 Å². The Morgan fingerprint density at radius 2 is 1.92 bits per heavy atom. The molecule has 2 saturated heterocycles. The summed E-state index contributed by atoms with van der Waals surface area (Å²) in [5.41, 5.74) is 12.9. The van der Waals surface area contributed by atoms with Gasteiger partial charge in [-0.2, -0.15) is 5.06 Å². The van der Waals surface area contributed by atoms with E-state index >= 15 is 0 Å². The van der Waals surface area contributed by atoms with Crippen molar-refractivity contribution in [3.8, 4) is 16.9 Å². The highest BCUT2D eigenvalue weighted by atomic mass is 16.7. The number of hydrogen-bond acceptors (Lipinski definition) is 9. The lowest BCUT2D eigenvalue weighted by atomic mass is 9.74. The van der Waals surface area contributed by atoms with Gasteiger partial charge in [-0.15, -0.1) is 0 Å². The number of nitrogens with zero attached hydrogens (tertiary/aromatic N) is 6. The number of azide groups is 1. The van der Waals surface area contributed by atoms with Gasteiger partial charge in [0.1, 0.15) is 11.8 Å². The molecule has 0 bridgehead atoms.